The molecule has 0 saturated carbocycles. The normalized spacial score (nSPS) is 11.7. The van der Waals surface area contributed by atoms with E-state index in [0.717, 1.165) is 32.1 Å². The van der Waals surface area contributed by atoms with Crippen molar-refractivity contribution in [3.63, 3.8) is 0 Å². The van der Waals surface area contributed by atoms with Gasteiger partial charge in [0.25, 0.3) is 0 Å². The van der Waals surface area contributed by atoms with Crippen LogP contribution in [-0.4, -0.2) is 110 Å². The number of nitrogens with one attached hydrogen (secondary N) is 2. The Bertz CT molecular complexity index is 874. The Morgan fingerprint density at radius 1 is 0.420 bits per heavy atom. The third-order valence-corrected chi connectivity index (χ3v) is 7.98. The van der Waals surface area contributed by atoms with E-state index in [1.165, 1.54) is 70.6 Å². The second kappa shape index (κ2) is 36.0. The number of hydrogen-bond donors (Lipinski definition) is 5. The van der Waals surface area contributed by atoms with Crippen LogP contribution < -0.4 is 10.6 Å². The smallest absolute Gasteiger partial charge is 0.326 e. The minimum atomic E-state index is -1.28. The Morgan fingerprint density at radius 3 is 1.22 bits per heavy atom. The number of hydrogen-bond acceptors (Lipinski definition) is 9. The monoisotopic (exact) mass is 718 g/mol. The number of carboxylic acids is 3. The molecule has 2 amide bonds. The number of carbonyl (C=O) groups is 5. The standard InChI is InChI=1S/C36H66N2O12/c39-32(17-15-13-11-9-7-5-3-1-2-4-6-8-10-12-14-16-18-34(41)42)37-22-24-48-26-28-50-30-29-49-27-25-47-23-21-33(40)38-31(36(45)46)19-20-35(43)44/h31H,1-30H2,(H,37,39)(H,38,40)(H,41,42)(H,43,44)(H,45,46)/t31-/m0/s1. The molecular weight excluding hydrogens is 652 g/mol. The van der Waals surface area contributed by atoms with Gasteiger partial charge in [0.1, 0.15) is 6.04 Å². The largest absolute Gasteiger partial charge is 0.481 e. The van der Waals surface area contributed by atoms with Crippen LogP contribution in [0.3, 0.4) is 0 Å². The molecule has 0 aliphatic rings. The number of aliphatic carboxylic acids is 3. The van der Waals surface area contributed by atoms with Gasteiger partial charge in [-0.2, -0.15) is 0 Å². The molecule has 0 rings (SSSR count). The molecule has 0 aromatic carbocycles. The summed E-state index contributed by atoms with van der Waals surface area (Å²) in [7, 11) is 0. The predicted octanol–water partition coefficient (Wildman–Crippen LogP) is 5.10. The van der Waals surface area contributed by atoms with E-state index in [1.54, 1.807) is 0 Å². The highest BCUT2D eigenvalue weighted by Gasteiger charge is 2.20. The quantitative estimate of drug-likeness (QED) is 0.0527. The molecule has 5 N–H and O–H groups in total. The first kappa shape index (κ1) is 47.2. The summed E-state index contributed by atoms with van der Waals surface area (Å²) in [6, 6.07) is -1.25. The van der Waals surface area contributed by atoms with Crippen molar-refractivity contribution in [2.45, 2.75) is 141 Å². The molecule has 0 unspecified atom stereocenters. The van der Waals surface area contributed by atoms with Crippen LogP contribution in [0.4, 0.5) is 0 Å². The zero-order chi connectivity index (χ0) is 36.9. The van der Waals surface area contributed by atoms with Gasteiger partial charge >= 0.3 is 17.9 Å². The second-order valence-electron chi connectivity index (χ2n) is 12.5. The summed E-state index contributed by atoms with van der Waals surface area (Å²) in [5.74, 6) is -3.56. The molecule has 14 heteroatoms. The SMILES string of the molecule is O=C(O)CCCCCCCCCCCCCCCCCCC(=O)NCCOCCOCCOCCOCCC(=O)N[C@@H](CCC(=O)O)C(=O)O. The van der Waals surface area contributed by atoms with E-state index < -0.39 is 29.9 Å². The van der Waals surface area contributed by atoms with E-state index in [4.69, 9.17) is 34.3 Å². The summed E-state index contributed by atoms with van der Waals surface area (Å²) in [5, 5.41) is 31.5. The van der Waals surface area contributed by atoms with Crippen molar-refractivity contribution in [3.8, 4) is 0 Å². The fourth-order valence-corrected chi connectivity index (χ4v) is 5.11. The fraction of sp³-hybridized carbons (Fsp3) is 0.861. The summed E-state index contributed by atoms with van der Waals surface area (Å²) in [4.78, 5) is 56.0. The first-order chi connectivity index (χ1) is 24.2. The third kappa shape index (κ3) is 36.5. The van der Waals surface area contributed by atoms with Crippen LogP contribution in [0, 0.1) is 0 Å². The van der Waals surface area contributed by atoms with Gasteiger partial charge in [-0.25, -0.2) is 4.79 Å². The zero-order valence-corrected chi connectivity index (χ0v) is 30.3. The van der Waals surface area contributed by atoms with Gasteiger partial charge in [0.2, 0.25) is 11.8 Å². The molecular formula is C36H66N2O12. The second-order valence-corrected chi connectivity index (χ2v) is 12.5. The van der Waals surface area contributed by atoms with E-state index in [2.05, 4.69) is 10.6 Å². The molecule has 0 aliphatic heterocycles. The Balaban J connectivity index is 3.32. The molecule has 0 aliphatic carbocycles. The van der Waals surface area contributed by atoms with Crippen LogP contribution in [0.1, 0.15) is 135 Å². The summed E-state index contributed by atoms with van der Waals surface area (Å²) in [5.41, 5.74) is 0. The Labute approximate surface area is 298 Å². The van der Waals surface area contributed by atoms with Crippen molar-refractivity contribution in [2.75, 3.05) is 59.4 Å². The van der Waals surface area contributed by atoms with Gasteiger partial charge in [-0.15, -0.1) is 0 Å². The lowest BCUT2D eigenvalue weighted by Gasteiger charge is -2.13. The van der Waals surface area contributed by atoms with E-state index in [9.17, 15) is 24.0 Å². The van der Waals surface area contributed by atoms with Gasteiger partial charge in [-0.1, -0.05) is 89.9 Å². The van der Waals surface area contributed by atoms with E-state index >= 15 is 0 Å². The van der Waals surface area contributed by atoms with Gasteiger partial charge in [0.05, 0.1) is 52.9 Å². The highest BCUT2D eigenvalue weighted by atomic mass is 16.6. The van der Waals surface area contributed by atoms with E-state index in [-0.39, 0.29) is 38.4 Å². The highest BCUT2D eigenvalue weighted by Crippen LogP contribution is 2.14. The number of rotatable bonds is 39. The number of unbranched alkanes of at least 4 members (excludes halogenated alkanes) is 15. The molecule has 0 saturated heterocycles. The van der Waals surface area contributed by atoms with Crippen LogP contribution in [0.15, 0.2) is 0 Å². The van der Waals surface area contributed by atoms with Crippen molar-refractivity contribution in [3.05, 3.63) is 0 Å². The van der Waals surface area contributed by atoms with Gasteiger partial charge in [-0.05, 0) is 19.3 Å². The maximum atomic E-state index is 12.0. The maximum absolute atomic E-state index is 12.0. The van der Waals surface area contributed by atoms with Crippen LogP contribution in [0.5, 0.6) is 0 Å². The predicted molar refractivity (Wildman–Crippen MR) is 188 cm³/mol. The Hall–Kier alpha value is -2.81. The van der Waals surface area contributed by atoms with E-state index in [1.807, 2.05) is 0 Å². The van der Waals surface area contributed by atoms with Gasteiger partial charge < -0.3 is 44.9 Å². The summed E-state index contributed by atoms with van der Waals surface area (Å²) >= 11 is 0. The van der Waals surface area contributed by atoms with Crippen molar-refractivity contribution in [2.24, 2.45) is 0 Å². The van der Waals surface area contributed by atoms with Crippen LogP contribution >= 0.6 is 0 Å². The third-order valence-electron chi connectivity index (χ3n) is 7.98. The van der Waals surface area contributed by atoms with Crippen molar-refractivity contribution >= 4 is 29.7 Å². The van der Waals surface area contributed by atoms with E-state index in [0.29, 0.717) is 59.0 Å². The molecule has 14 nitrogen and oxygen atoms in total. The van der Waals surface area contributed by atoms with Crippen molar-refractivity contribution in [1.82, 2.24) is 10.6 Å². The van der Waals surface area contributed by atoms with Crippen LogP contribution in [0.2, 0.25) is 0 Å². The Morgan fingerprint density at radius 2 is 0.800 bits per heavy atom. The number of amides is 2. The minimum Gasteiger partial charge on any atom is -0.481 e. The van der Waals surface area contributed by atoms with Crippen molar-refractivity contribution < 1.29 is 58.2 Å². The zero-order valence-electron chi connectivity index (χ0n) is 30.3. The van der Waals surface area contributed by atoms with Gasteiger partial charge in [0.15, 0.2) is 0 Å². The summed E-state index contributed by atoms with van der Waals surface area (Å²) in [6.45, 7) is 3.13. The molecule has 0 spiro atoms. The van der Waals surface area contributed by atoms with Crippen LogP contribution in [0.25, 0.3) is 0 Å². The molecule has 0 heterocycles. The molecule has 0 fully saturated rings. The number of ether oxygens (including phenoxy) is 4. The molecule has 0 aromatic rings. The van der Waals surface area contributed by atoms with Crippen LogP contribution in [-0.2, 0) is 42.9 Å². The van der Waals surface area contributed by atoms with Gasteiger partial charge in [-0.3, -0.25) is 19.2 Å². The molecule has 1 atom stereocenters. The minimum absolute atomic E-state index is 0.0459. The molecule has 0 aromatic heterocycles. The number of carbonyl (C=O) groups excluding carboxylic acids is 2. The first-order valence-electron chi connectivity index (χ1n) is 18.8. The molecule has 0 bridgehead atoms. The fourth-order valence-electron chi connectivity index (χ4n) is 5.11. The highest BCUT2D eigenvalue weighted by molar-refractivity contribution is 5.84. The summed E-state index contributed by atoms with van der Waals surface area (Å²) < 4.78 is 21.6. The lowest BCUT2D eigenvalue weighted by atomic mass is 10.0. The lowest BCUT2D eigenvalue weighted by Crippen LogP contribution is -2.41. The number of carboxylic acid groups (broad SMARTS) is 3. The summed E-state index contributed by atoms with van der Waals surface area (Å²) in [6.07, 6.45) is 19.3. The van der Waals surface area contributed by atoms with Crippen molar-refractivity contribution in [1.29, 1.82) is 0 Å². The molecule has 292 valence electrons. The molecule has 0 radical (unpaired) electrons. The molecule has 50 heavy (non-hydrogen) atoms. The average Bonchev–Trinajstić information content (AvgIpc) is 3.07. The topological polar surface area (TPSA) is 207 Å². The average molecular weight is 719 g/mol. The van der Waals surface area contributed by atoms with Gasteiger partial charge in [0, 0.05) is 32.2 Å². The Kier molecular flexibility index (Phi) is 34.0. The first-order valence-corrected chi connectivity index (χ1v) is 18.8. The maximum Gasteiger partial charge on any atom is 0.326 e. The lowest BCUT2D eigenvalue weighted by molar-refractivity contribution is -0.143.